The monoisotopic (exact) mass is 383 g/mol. The van der Waals surface area contributed by atoms with Gasteiger partial charge in [-0.2, -0.15) is 0 Å². The third-order valence-corrected chi connectivity index (χ3v) is 5.36. The molecule has 1 aliphatic rings. The molecule has 3 nitrogen and oxygen atoms in total. The van der Waals surface area contributed by atoms with Crippen LogP contribution in [0.3, 0.4) is 0 Å². The molecule has 1 aliphatic heterocycles. The van der Waals surface area contributed by atoms with Crippen LogP contribution in [0.5, 0.6) is 0 Å². The molecule has 1 amide bonds. The van der Waals surface area contributed by atoms with E-state index < -0.39 is 10.2 Å². The maximum Gasteiger partial charge on any atom is 0.253 e. The lowest BCUT2D eigenvalue weighted by Crippen LogP contribution is -2.46. The molecule has 0 fully saturated rings. The number of hydrogen-bond donors (Lipinski definition) is 1. The van der Waals surface area contributed by atoms with Crippen LogP contribution in [0.4, 0.5) is 5.69 Å². The van der Waals surface area contributed by atoms with E-state index in [0.29, 0.717) is 11.1 Å². The molecule has 1 heterocycles. The van der Waals surface area contributed by atoms with Crippen molar-refractivity contribution in [3.63, 3.8) is 0 Å². The molecule has 0 aliphatic carbocycles. The fourth-order valence-electron chi connectivity index (χ4n) is 2.28. The number of carbonyl (C=O) groups excluding carboxylic acids is 2. The summed E-state index contributed by atoms with van der Waals surface area (Å²) in [5.74, 6) is -0.860. The number of Topliss-reactive ketones (excluding diaryl/α,β-unsaturated/α-hetero) is 1. The van der Waals surface area contributed by atoms with Crippen molar-refractivity contribution in [1.29, 1.82) is 0 Å². The van der Waals surface area contributed by atoms with Crippen molar-refractivity contribution in [1.82, 2.24) is 0 Å². The number of rotatable bonds is 1. The standard InChI is InChI=1S/C15H8BrCl2NO2/c16-15(8-4-2-1-3-5-8)13(20)9-6-7-10(17)11(18)12(9)19-14(15)21/h1-7H,(H,19,21)/t15-/m0/s1. The van der Waals surface area contributed by atoms with Crippen LogP contribution < -0.4 is 5.32 Å². The minimum absolute atomic E-state index is 0.165. The highest BCUT2D eigenvalue weighted by Gasteiger charge is 2.49. The molecule has 2 aromatic carbocycles. The Labute approximate surface area is 139 Å². The number of ketones is 1. The summed E-state index contributed by atoms with van der Waals surface area (Å²) in [5.41, 5.74) is 1.14. The van der Waals surface area contributed by atoms with E-state index in [9.17, 15) is 9.59 Å². The molecule has 6 heteroatoms. The third kappa shape index (κ3) is 2.09. The number of carbonyl (C=O) groups is 2. The number of hydrogen-bond acceptors (Lipinski definition) is 2. The van der Waals surface area contributed by atoms with Gasteiger partial charge in [-0.1, -0.05) is 69.5 Å². The number of fused-ring (bicyclic) bond motifs is 1. The Kier molecular flexibility index (Phi) is 3.56. The molecular weight excluding hydrogens is 377 g/mol. The molecule has 0 aromatic heterocycles. The minimum Gasteiger partial charge on any atom is -0.322 e. The molecule has 0 radical (unpaired) electrons. The lowest BCUT2D eigenvalue weighted by atomic mass is 9.86. The van der Waals surface area contributed by atoms with Gasteiger partial charge in [0, 0.05) is 5.56 Å². The largest absolute Gasteiger partial charge is 0.322 e. The second-order valence-electron chi connectivity index (χ2n) is 4.59. The van der Waals surface area contributed by atoms with Gasteiger partial charge in [-0.3, -0.25) is 9.59 Å². The number of alkyl halides is 1. The molecule has 0 unspecified atom stereocenters. The zero-order chi connectivity index (χ0) is 15.2. The summed E-state index contributed by atoms with van der Waals surface area (Å²) >= 11 is 15.3. The van der Waals surface area contributed by atoms with Crippen LogP contribution >= 0.6 is 39.1 Å². The maximum absolute atomic E-state index is 12.8. The normalized spacial score (nSPS) is 20.9. The van der Waals surface area contributed by atoms with Gasteiger partial charge < -0.3 is 5.32 Å². The second kappa shape index (κ2) is 5.13. The molecule has 106 valence electrons. The average molecular weight is 385 g/mol. The van der Waals surface area contributed by atoms with Gasteiger partial charge in [0.05, 0.1) is 15.7 Å². The van der Waals surface area contributed by atoms with Crippen molar-refractivity contribution in [2.75, 3.05) is 5.32 Å². The predicted octanol–water partition coefficient (Wildman–Crippen LogP) is 4.42. The van der Waals surface area contributed by atoms with Crippen LogP contribution in [0.25, 0.3) is 0 Å². The summed E-state index contributed by atoms with van der Waals surface area (Å²) in [6, 6.07) is 11.9. The molecule has 1 atom stereocenters. The number of anilines is 1. The van der Waals surface area contributed by atoms with Gasteiger partial charge in [-0.05, 0) is 17.7 Å². The van der Waals surface area contributed by atoms with Gasteiger partial charge in [0.15, 0.2) is 10.1 Å². The zero-order valence-corrected chi connectivity index (χ0v) is 13.6. The third-order valence-electron chi connectivity index (χ3n) is 3.38. The SMILES string of the molecule is O=C1Nc2c(ccc(Cl)c2Cl)C(=O)[C@@]1(Br)c1ccccc1. The molecule has 21 heavy (non-hydrogen) atoms. The van der Waals surface area contributed by atoms with Crippen molar-refractivity contribution in [2.45, 2.75) is 4.32 Å². The Hall–Kier alpha value is -1.36. The van der Waals surface area contributed by atoms with Crippen LogP contribution in [-0.4, -0.2) is 11.7 Å². The Bertz CT molecular complexity index is 764. The topological polar surface area (TPSA) is 46.2 Å². The van der Waals surface area contributed by atoms with Crippen LogP contribution in [-0.2, 0) is 9.12 Å². The predicted molar refractivity (Wildman–Crippen MR) is 86.5 cm³/mol. The van der Waals surface area contributed by atoms with Crippen LogP contribution in [0.15, 0.2) is 42.5 Å². The fourth-order valence-corrected chi connectivity index (χ4v) is 3.23. The first-order valence-electron chi connectivity index (χ1n) is 6.05. The van der Waals surface area contributed by atoms with Gasteiger partial charge in [-0.15, -0.1) is 0 Å². The summed E-state index contributed by atoms with van der Waals surface area (Å²) < 4.78 is -1.46. The van der Waals surface area contributed by atoms with Crippen molar-refractivity contribution in [2.24, 2.45) is 0 Å². The number of nitrogens with one attached hydrogen (secondary N) is 1. The van der Waals surface area contributed by atoms with E-state index in [4.69, 9.17) is 23.2 Å². The van der Waals surface area contributed by atoms with Crippen LogP contribution in [0.1, 0.15) is 15.9 Å². The molecular formula is C15H8BrCl2NO2. The smallest absolute Gasteiger partial charge is 0.253 e. The highest BCUT2D eigenvalue weighted by atomic mass is 79.9. The van der Waals surface area contributed by atoms with Gasteiger partial charge in [0.25, 0.3) is 5.91 Å². The van der Waals surface area contributed by atoms with E-state index in [1.807, 2.05) is 6.07 Å². The second-order valence-corrected chi connectivity index (χ2v) is 6.57. The van der Waals surface area contributed by atoms with Gasteiger partial charge in [0.2, 0.25) is 0 Å². The maximum atomic E-state index is 12.8. The van der Waals surface area contributed by atoms with Crippen molar-refractivity contribution < 1.29 is 9.59 Å². The van der Waals surface area contributed by atoms with Crippen molar-refractivity contribution in [3.05, 3.63) is 63.6 Å². The number of halogens is 3. The Balaban J connectivity index is 2.22. The van der Waals surface area contributed by atoms with Crippen LogP contribution in [0.2, 0.25) is 10.0 Å². The molecule has 0 saturated heterocycles. The molecule has 0 bridgehead atoms. The molecule has 0 saturated carbocycles. The van der Waals surface area contributed by atoms with Gasteiger partial charge in [-0.25, -0.2) is 0 Å². The molecule has 1 N–H and O–H groups in total. The Morgan fingerprint density at radius 3 is 2.33 bits per heavy atom. The average Bonchev–Trinajstić information content (AvgIpc) is 2.50. The summed E-state index contributed by atoms with van der Waals surface area (Å²) in [6.07, 6.45) is 0. The van der Waals surface area contributed by atoms with E-state index >= 15 is 0 Å². The highest BCUT2D eigenvalue weighted by Crippen LogP contribution is 2.45. The van der Waals surface area contributed by atoms with E-state index in [1.54, 1.807) is 30.3 Å². The van der Waals surface area contributed by atoms with E-state index in [-0.39, 0.29) is 21.5 Å². The number of benzene rings is 2. The fraction of sp³-hybridized carbons (Fsp3) is 0.0667. The summed E-state index contributed by atoms with van der Waals surface area (Å²) in [7, 11) is 0. The lowest BCUT2D eigenvalue weighted by Gasteiger charge is -2.31. The highest BCUT2D eigenvalue weighted by molar-refractivity contribution is 9.10. The quantitative estimate of drug-likeness (QED) is 0.584. The minimum atomic E-state index is -1.46. The van der Waals surface area contributed by atoms with E-state index in [2.05, 4.69) is 21.2 Å². The first kappa shape index (κ1) is 14.6. The molecule has 2 aromatic rings. The van der Waals surface area contributed by atoms with Gasteiger partial charge in [0.1, 0.15) is 0 Å². The number of amides is 1. The van der Waals surface area contributed by atoms with Crippen molar-refractivity contribution in [3.8, 4) is 0 Å². The molecule has 3 rings (SSSR count). The van der Waals surface area contributed by atoms with E-state index in [1.165, 1.54) is 6.07 Å². The van der Waals surface area contributed by atoms with Crippen LogP contribution in [0, 0.1) is 0 Å². The first-order valence-corrected chi connectivity index (χ1v) is 7.60. The van der Waals surface area contributed by atoms with E-state index in [0.717, 1.165) is 0 Å². The Morgan fingerprint density at radius 1 is 1.00 bits per heavy atom. The summed E-state index contributed by atoms with van der Waals surface area (Å²) in [5, 5.41) is 3.11. The zero-order valence-electron chi connectivity index (χ0n) is 10.5. The van der Waals surface area contributed by atoms with Crippen molar-refractivity contribution >= 4 is 56.5 Å². The summed E-state index contributed by atoms with van der Waals surface area (Å²) in [4.78, 5) is 25.3. The molecule has 0 spiro atoms. The summed E-state index contributed by atoms with van der Waals surface area (Å²) in [6.45, 7) is 0. The first-order chi connectivity index (χ1) is 9.96. The Morgan fingerprint density at radius 2 is 1.67 bits per heavy atom. The van der Waals surface area contributed by atoms with Gasteiger partial charge >= 0.3 is 0 Å². The lowest BCUT2D eigenvalue weighted by molar-refractivity contribution is -0.117.